The summed E-state index contributed by atoms with van der Waals surface area (Å²) in [5.74, 6) is 1.27. The molecule has 1 aromatic heterocycles. The van der Waals surface area contributed by atoms with Crippen LogP contribution in [-0.4, -0.2) is 22.6 Å². The molecule has 0 amide bonds. The van der Waals surface area contributed by atoms with Crippen molar-refractivity contribution in [3.8, 4) is 0 Å². The summed E-state index contributed by atoms with van der Waals surface area (Å²) in [6.45, 7) is 11.1. The SMILES string of the molecule is CC(C)CNCC(C(C)C)n1cnc2ccccc21. The molecule has 0 spiro atoms. The Morgan fingerprint density at radius 1 is 1.11 bits per heavy atom. The summed E-state index contributed by atoms with van der Waals surface area (Å²) in [5.41, 5.74) is 2.31. The van der Waals surface area contributed by atoms with Crippen molar-refractivity contribution in [3.05, 3.63) is 30.6 Å². The zero-order chi connectivity index (χ0) is 13.8. The summed E-state index contributed by atoms with van der Waals surface area (Å²) >= 11 is 0. The molecule has 1 atom stereocenters. The Morgan fingerprint density at radius 3 is 2.53 bits per heavy atom. The van der Waals surface area contributed by atoms with Gasteiger partial charge in [0.15, 0.2) is 0 Å². The highest BCUT2D eigenvalue weighted by molar-refractivity contribution is 5.75. The molecule has 0 aliphatic heterocycles. The number of hydrogen-bond acceptors (Lipinski definition) is 2. The summed E-state index contributed by atoms with van der Waals surface area (Å²) in [6.07, 6.45) is 1.98. The van der Waals surface area contributed by atoms with E-state index in [2.05, 4.69) is 60.8 Å². The number of hydrogen-bond donors (Lipinski definition) is 1. The lowest BCUT2D eigenvalue weighted by atomic mass is 10.0. The molecule has 0 radical (unpaired) electrons. The highest BCUT2D eigenvalue weighted by Crippen LogP contribution is 2.22. The lowest BCUT2D eigenvalue weighted by Gasteiger charge is -2.24. The third kappa shape index (κ3) is 3.35. The monoisotopic (exact) mass is 259 g/mol. The minimum absolute atomic E-state index is 0.450. The number of imidazole rings is 1. The van der Waals surface area contributed by atoms with E-state index in [1.807, 2.05) is 12.4 Å². The van der Waals surface area contributed by atoms with Gasteiger partial charge in [0.25, 0.3) is 0 Å². The predicted octanol–water partition coefficient (Wildman–Crippen LogP) is 3.48. The second-order valence-electron chi connectivity index (χ2n) is 6.00. The van der Waals surface area contributed by atoms with Gasteiger partial charge in [-0.3, -0.25) is 0 Å². The lowest BCUT2D eigenvalue weighted by Crippen LogP contribution is -2.30. The topological polar surface area (TPSA) is 29.9 Å². The summed E-state index contributed by atoms with van der Waals surface area (Å²) < 4.78 is 2.31. The number of para-hydroxylation sites is 2. The minimum atomic E-state index is 0.450. The zero-order valence-corrected chi connectivity index (χ0v) is 12.4. The molecular formula is C16H25N3. The van der Waals surface area contributed by atoms with Gasteiger partial charge >= 0.3 is 0 Å². The van der Waals surface area contributed by atoms with E-state index in [-0.39, 0.29) is 0 Å². The average molecular weight is 259 g/mol. The van der Waals surface area contributed by atoms with Crippen LogP contribution < -0.4 is 5.32 Å². The highest BCUT2D eigenvalue weighted by Gasteiger charge is 2.17. The van der Waals surface area contributed by atoms with Crippen LogP contribution in [0.3, 0.4) is 0 Å². The van der Waals surface area contributed by atoms with Gasteiger partial charge in [0, 0.05) is 12.6 Å². The summed E-state index contributed by atoms with van der Waals surface area (Å²) in [7, 11) is 0. The van der Waals surface area contributed by atoms with Gasteiger partial charge in [0.1, 0.15) is 0 Å². The molecule has 0 saturated heterocycles. The molecule has 2 aromatic rings. The molecule has 1 unspecified atom stereocenters. The molecule has 0 fully saturated rings. The first-order valence-corrected chi connectivity index (χ1v) is 7.22. The molecule has 3 heteroatoms. The largest absolute Gasteiger partial charge is 0.326 e. The standard InChI is InChI=1S/C16H25N3/c1-12(2)9-17-10-16(13(3)4)19-11-18-14-7-5-6-8-15(14)19/h5-8,11-13,16-17H,9-10H2,1-4H3. The van der Waals surface area contributed by atoms with Gasteiger partial charge < -0.3 is 9.88 Å². The second kappa shape index (κ2) is 6.20. The normalized spacial score (nSPS) is 13.6. The Hall–Kier alpha value is -1.35. The molecule has 0 saturated carbocycles. The third-order valence-corrected chi connectivity index (χ3v) is 3.51. The fourth-order valence-corrected chi connectivity index (χ4v) is 2.42. The van der Waals surface area contributed by atoms with E-state index < -0.39 is 0 Å². The fraction of sp³-hybridized carbons (Fsp3) is 0.562. The smallest absolute Gasteiger partial charge is 0.0961 e. The van der Waals surface area contributed by atoms with Crippen LogP contribution in [0.15, 0.2) is 30.6 Å². The Kier molecular flexibility index (Phi) is 4.59. The maximum atomic E-state index is 4.50. The molecule has 1 aromatic carbocycles. The summed E-state index contributed by atoms with van der Waals surface area (Å²) in [4.78, 5) is 4.50. The van der Waals surface area contributed by atoms with Gasteiger partial charge in [-0.05, 0) is 30.5 Å². The van der Waals surface area contributed by atoms with E-state index in [0.29, 0.717) is 17.9 Å². The van der Waals surface area contributed by atoms with Crippen molar-refractivity contribution < 1.29 is 0 Å². The Labute approximate surface area is 116 Å². The van der Waals surface area contributed by atoms with Crippen molar-refractivity contribution in [2.75, 3.05) is 13.1 Å². The Morgan fingerprint density at radius 2 is 1.84 bits per heavy atom. The summed E-state index contributed by atoms with van der Waals surface area (Å²) in [5, 5.41) is 3.57. The Balaban J connectivity index is 2.19. The van der Waals surface area contributed by atoms with Crippen molar-refractivity contribution in [3.63, 3.8) is 0 Å². The van der Waals surface area contributed by atoms with Crippen LogP contribution in [0.2, 0.25) is 0 Å². The average Bonchev–Trinajstić information content (AvgIpc) is 2.77. The van der Waals surface area contributed by atoms with Gasteiger partial charge in [0.05, 0.1) is 17.4 Å². The van der Waals surface area contributed by atoms with Gasteiger partial charge in [-0.15, -0.1) is 0 Å². The van der Waals surface area contributed by atoms with Crippen molar-refractivity contribution in [1.82, 2.24) is 14.9 Å². The molecule has 3 nitrogen and oxygen atoms in total. The maximum absolute atomic E-state index is 4.50. The van der Waals surface area contributed by atoms with E-state index >= 15 is 0 Å². The molecule has 0 aliphatic carbocycles. The van der Waals surface area contributed by atoms with Crippen molar-refractivity contribution in [1.29, 1.82) is 0 Å². The molecule has 2 rings (SSSR count). The van der Waals surface area contributed by atoms with E-state index in [0.717, 1.165) is 18.6 Å². The molecule has 0 aliphatic rings. The van der Waals surface area contributed by atoms with Gasteiger partial charge in [-0.25, -0.2) is 4.98 Å². The molecule has 1 heterocycles. The van der Waals surface area contributed by atoms with Gasteiger partial charge in [-0.1, -0.05) is 39.8 Å². The van der Waals surface area contributed by atoms with Crippen LogP contribution in [0, 0.1) is 11.8 Å². The maximum Gasteiger partial charge on any atom is 0.0961 e. The van der Waals surface area contributed by atoms with Crippen LogP contribution >= 0.6 is 0 Å². The van der Waals surface area contributed by atoms with E-state index in [4.69, 9.17) is 0 Å². The number of benzene rings is 1. The Bertz CT molecular complexity index is 513. The van der Waals surface area contributed by atoms with Gasteiger partial charge in [-0.2, -0.15) is 0 Å². The first-order valence-electron chi connectivity index (χ1n) is 7.22. The van der Waals surface area contributed by atoms with Crippen LogP contribution in [0.4, 0.5) is 0 Å². The summed E-state index contributed by atoms with van der Waals surface area (Å²) in [6, 6.07) is 8.80. The number of nitrogens with zero attached hydrogens (tertiary/aromatic N) is 2. The minimum Gasteiger partial charge on any atom is -0.326 e. The van der Waals surface area contributed by atoms with Crippen molar-refractivity contribution in [2.45, 2.75) is 33.7 Å². The molecular weight excluding hydrogens is 234 g/mol. The fourth-order valence-electron chi connectivity index (χ4n) is 2.42. The van der Waals surface area contributed by atoms with Crippen molar-refractivity contribution >= 4 is 11.0 Å². The third-order valence-electron chi connectivity index (χ3n) is 3.51. The van der Waals surface area contributed by atoms with Crippen LogP contribution in [-0.2, 0) is 0 Å². The molecule has 1 N–H and O–H groups in total. The predicted molar refractivity (Wildman–Crippen MR) is 81.3 cm³/mol. The number of aromatic nitrogens is 2. The second-order valence-corrected chi connectivity index (χ2v) is 6.00. The number of nitrogens with one attached hydrogen (secondary N) is 1. The molecule has 19 heavy (non-hydrogen) atoms. The van der Waals surface area contributed by atoms with Crippen LogP contribution in [0.1, 0.15) is 33.7 Å². The van der Waals surface area contributed by atoms with E-state index in [9.17, 15) is 0 Å². The van der Waals surface area contributed by atoms with Gasteiger partial charge in [0.2, 0.25) is 0 Å². The van der Waals surface area contributed by atoms with Crippen LogP contribution in [0.5, 0.6) is 0 Å². The van der Waals surface area contributed by atoms with Crippen molar-refractivity contribution in [2.24, 2.45) is 11.8 Å². The van der Waals surface area contributed by atoms with Crippen LogP contribution in [0.25, 0.3) is 11.0 Å². The number of fused-ring (bicyclic) bond motifs is 1. The number of rotatable bonds is 6. The zero-order valence-electron chi connectivity index (χ0n) is 12.4. The molecule has 0 bridgehead atoms. The van der Waals surface area contributed by atoms with E-state index in [1.54, 1.807) is 0 Å². The first kappa shape index (κ1) is 14.1. The van der Waals surface area contributed by atoms with E-state index in [1.165, 1.54) is 5.52 Å². The quantitative estimate of drug-likeness (QED) is 0.860. The lowest BCUT2D eigenvalue weighted by molar-refractivity contribution is 0.356. The first-order chi connectivity index (χ1) is 9.09. The molecule has 104 valence electrons. The highest BCUT2D eigenvalue weighted by atomic mass is 15.1.